The third-order valence-corrected chi connectivity index (χ3v) is 17.1. The fourth-order valence-corrected chi connectivity index (χ4v) is 12.3. The number of carbonyl (C=O) groups excluding carboxylic acids is 3. The minimum Gasteiger partial charge on any atom is -0.871 e. The van der Waals surface area contributed by atoms with Gasteiger partial charge in [0.05, 0.1) is 50.5 Å². The Hall–Kier alpha value is -6.52. The van der Waals surface area contributed by atoms with Crippen molar-refractivity contribution in [1.82, 2.24) is 4.90 Å². The molecule has 0 aromatic heterocycles. The molecular formula is C66H81N4O6+. The van der Waals surface area contributed by atoms with Crippen LogP contribution in [-0.4, -0.2) is 95.3 Å². The van der Waals surface area contributed by atoms with Crippen molar-refractivity contribution in [2.75, 3.05) is 50.8 Å². The minimum absolute atomic E-state index is 0.193. The van der Waals surface area contributed by atoms with Crippen LogP contribution in [0.1, 0.15) is 163 Å². The number of Topliss-reactive ketones (excluding diaryl/α,β-unsaturated/α-hetero) is 1. The number of amides is 2. The highest BCUT2D eigenvalue weighted by molar-refractivity contribution is 6.39. The van der Waals surface area contributed by atoms with Gasteiger partial charge in [0.2, 0.25) is 11.4 Å². The molecule has 5 aliphatic rings. The Bertz CT molecular complexity index is 2740. The summed E-state index contributed by atoms with van der Waals surface area (Å²) in [4.78, 5) is 43.1. The van der Waals surface area contributed by atoms with Crippen molar-refractivity contribution in [3.8, 4) is 11.5 Å². The number of hydrogen-bond acceptors (Lipinski definition) is 7. The molecule has 76 heavy (non-hydrogen) atoms. The first-order valence-electron chi connectivity index (χ1n) is 29.1. The van der Waals surface area contributed by atoms with E-state index in [-0.39, 0.29) is 34.5 Å². The molecule has 400 valence electrons. The van der Waals surface area contributed by atoms with Crippen LogP contribution >= 0.6 is 0 Å². The number of anilines is 2. The topological polar surface area (TPSA) is 102 Å². The van der Waals surface area contributed by atoms with E-state index >= 15 is 0 Å². The molecule has 0 N–H and O–H groups in total. The first kappa shape index (κ1) is 54.3. The van der Waals surface area contributed by atoms with E-state index in [1.54, 1.807) is 24.3 Å². The zero-order valence-electron chi connectivity index (χ0n) is 45.6. The first-order chi connectivity index (χ1) is 37.2. The van der Waals surface area contributed by atoms with Gasteiger partial charge in [0.25, 0.3) is 11.8 Å². The van der Waals surface area contributed by atoms with Gasteiger partial charge in [-0.15, -0.1) is 0 Å². The van der Waals surface area contributed by atoms with Gasteiger partial charge in [-0.1, -0.05) is 68.5 Å². The summed E-state index contributed by atoms with van der Waals surface area (Å²) in [5.41, 5.74) is 7.15. The van der Waals surface area contributed by atoms with Crippen LogP contribution in [0.15, 0.2) is 138 Å². The maximum atomic E-state index is 13.9. The normalized spacial score (nSPS) is 17.2. The summed E-state index contributed by atoms with van der Waals surface area (Å²) in [6.45, 7) is 13.6. The summed E-state index contributed by atoms with van der Waals surface area (Å²) >= 11 is 0. The number of hydrogen-bond donors (Lipinski definition) is 0. The maximum Gasteiger partial charge on any atom is 0.261 e. The van der Waals surface area contributed by atoms with E-state index in [0.717, 1.165) is 98.7 Å². The molecule has 9 rings (SSSR count). The van der Waals surface area contributed by atoms with Crippen molar-refractivity contribution >= 4 is 45.9 Å². The molecule has 1 heterocycles. The predicted octanol–water partition coefficient (Wildman–Crippen LogP) is 13.4. The molecule has 0 radical (unpaired) electrons. The Morgan fingerprint density at radius 1 is 0.579 bits per heavy atom. The first-order valence-corrected chi connectivity index (χ1v) is 29.1. The lowest BCUT2D eigenvalue weighted by atomic mass is 9.80. The summed E-state index contributed by atoms with van der Waals surface area (Å²) in [5, 5.41) is 13.9. The van der Waals surface area contributed by atoms with Crippen molar-refractivity contribution < 1.29 is 38.0 Å². The number of quaternary nitrogens is 1. The SMILES string of the molecule is CC[N+](CC)(CC)CCCCCCOc1ccc(N(c2ccc(C3=C([O-])C(=C4C=CC(=[N+](c5ccc(OCCCCCCN6C(=O)c7ccccc7C6=O)cc5)C5CCCCC5)C=C4)C3=O)cc2)C2CCCCC2)cc1. The van der Waals surface area contributed by atoms with Crippen molar-refractivity contribution in [3.63, 3.8) is 0 Å². The van der Waals surface area contributed by atoms with Crippen LogP contribution in [0.4, 0.5) is 17.1 Å². The fourth-order valence-electron chi connectivity index (χ4n) is 12.3. The van der Waals surface area contributed by atoms with E-state index in [4.69, 9.17) is 9.47 Å². The summed E-state index contributed by atoms with van der Waals surface area (Å²) in [6, 6.07) is 32.7. The summed E-state index contributed by atoms with van der Waals surface area (Å²) in [6.07, 6.45) is 28.0. The lowest BCUT2D eigenvalue weighted by Gasteiger charge is -2.37. The van der Waals surface area contributed by atoms with Crippen LogP contribution in [0.25, 0.3) is 5.57 Å². The van der Waals surface area contributed by atoms with Gasteiger partial charge in [-0.25, -0.2) is 0 Å². The predicted molar refractivity (Wildman–Crippen MR) is 304 cm³/mol. The molecule has 2 saturated carbocycles. The molecule has 2 amide bonds. The van der Waals surface area contributed by atoms with Crippen LogP contribution in [0.2, 0.25) is 0 Å². The molecule has 2 fully saturated rings. The van der Waals surface area contributed by atoms with Gasteiger partial charge in [-0.3, -0.25) is 19.3 Å². The molecule has 4 aliphatic carbocycles. The largest absolute Gasteiger partial charge is 0.871 e. The number of benzene rings is 4. The molecule has 4 aromatic rings. The number of ketones is 1. The Morgan fingerprint density at radius 2 is 1.09 bits per heavy atom. The van der Waals surface area contributed by atoms with Crippen molar-refractivity contribution in [1.29, 1.82) is 0 Å². The van der Waals surface area contributed by atoms with Gasteiger partial charge in [-0.05, 0) is 169 Å². The number of rotatable bonds is 25. The summed E-state index contributed by atoms with van der Waals surface area (Å²) in [5.74, 6) is 0.937. The number of ether oxygens (including phenoxy) is 2. The molecule has 0 atom stereocenters. The van der Waals surface area contributed by atoms with Crippen molar-refractivity contribution in [2.24, 2.45) is 0 Å². The zero-order chi connectivity index (χ0) is 52.9. The lowest BCUT2D eigenvalue weighted by Crippen LogP contribution is -2.48. The fraction of sp³-hybridized carbons (Fsp3) is 0.455. The van der Waals surface area contributed by atoms with Gasteiger partial charge < -0.3 is 24.0 Å². The molecule has 0 spiro atoms. The second-order valence-electron chi connectivity index (χ2n) is 21.7. The van der Waals surface area contributed by atoms with E-state index in [9.17, 15) is 19.5 Å². The maximum absolute atomic E-state index is 13.9. The van der Waals surface area contributed by atoms with Gasteiger partial charge in [0.15, 0.2) is 11.8 Å². The van der Waals surface area contributed by atoms with Crippen LogP contribution < -0.4 is 19.5 Å². The highest BCUT2D eigenvalue weighted by atomic mass is 16.5. The number of fused-ring (bicyclic) bond motifs is 1. The molecule has 0 saturated heterocycles. The average Bonchev–Trinajstić information content (AvgIpc) is 3.74. The Labute approximate surface area is 452 Å². The summed E-state index contributed by atoms with van der Waals surface area (Å²) < 4.78 is 16.0. The standard InChI is InChI=1S/C66H81N4O6/c1-4-70(5-2,6-3)46-20-8-10-22-48-76-58-43-39-56(40-44-58)69(52-25-15-12-16-26-52)54-35-31-50(32-36-54)62-63(71)61(64(62)72)49-29-33-53(34-30-49)68(51-23-13-11-14-24-51)55-37-41-57(42-38-55)75-47-21-9-7-19-45-67-65(73)59-27-17-18-28-60(59)66(67)74/h17-18,27-44,51-52H,4-16,19-26,45-48H2,1-3H3/q+1. The third-order valence-electron chi connectivity index (χ3n) is 17.1. The molecule has 10 nitrogen and oxygen atoms in total. The van der Waals surface area contributed by atoms with E-state index < -0.39 is 0 Å². The van der Waals surface area contributed by atoms with Crippen LogP contribution in [0.5, 0.6) is 11.5 Å². The quantitative estimate of drug-likeness (QED) is 0.0214. The van der Waals surface area contributed by atoms with Gasteiger partial charge >= 0.3 is 0 Å². The lowest BCUT2D eigenvalue weighted by molar-refractivity contribution is -0.923. The van der Waals surface area contributed by atoms with Crippen molar-refractivity contribution in [3.05, 3.63) is 155 Å². The monoisotopic (exact) mass is 1030 g/mol. The zero-order valence-corrected chi connectivity index (χ0v) is 45.6. The summed E-state index contributed by atoms with van der Waals surface area (Å²) in [7, 11) is 0. The third kappa shape index (κ3) is 12.5. The van der Waals surface area contributed by atoms with E-state index in [1.165, 1.54) is 93.3 Å². The molecule has 10 heteroatoms. The molecule has 4 aromatic carbocycles. The average molecular weight is 1030 g/mol. The highest BCUT2D eigenvalue weighted by Crippen LogP contribution is 2.40. The number of allylic oxidation sites excluding steroid dienone is 7. The molecule has 1 aliphatic heterocycles. The minimum atomic E-state index is -0.197. The smallest absolute Gasteiger partial charge is 0.261 e. The van der Waals surface area contributed by atoms with Gasteiger partial charge in [0, 0.05) is 72.2 Å². The number of nitrogens with zero attached hydrogens (tertiary/aromatic N) is 4. The number of imide groups is 1. The van der Waals surface area contributed by atoms with Gasteiger partial charge in [-0.2, -0.15) is 4.58 Å². The molecule has 0 unspecified atom stereocenters. The van der Waals surface area contributed by atoms with Crippen LogP contribution in [0, 0.1) is 0 Å². The Morgan fingerprint density at radius 3 is 1.64 bits per heavy atom. The number of carbonyl (C=O) groups is 3. The van der Waals surface area contributed by atoms with Crippen LogP contribution in [0.3, 0.4) is 0 Å². The highest BCUT2D eigenvalue weighted by Gasteiger charge is 2.35. The second-order valence-corrected chi connectivity index (χ2v) is 21.7. The Balaban J connectivity index is 0.799. The van der Waals surface area contributed by atoms with E-state index in [0.29, 0.717) is 47.5 Å². The van der Waals surface area contributed by atoms with Crippen LogP contribution in [-0.2, 0) is 4.79 Å². The van der Waals surface area contributed by atoms with Crippen molar-refractivity contribution in [2.45, 2.75) is 148 Å². The number of unbranched alkanes of at least 4 members (excludes halogenated alkanes) is 6. The van der Waals surface area contributed by atoms with Gasteiger partial charge in [0.1, 0.15) is 11.5 Å². The molecular weight excluding hydrogens is 945 g/mol. The van der Waals surface area contributed by atoms with E-state index in [2.05, 4.69) is 90.9 Å². The molecule has 0 bridgehead atoms. The second kappa shape index (κ2) is 26.0. The Kier molecular flexibility index (Phi) is 18.6. The van der Waals surface area contributed by atoms with E-state index in [1.807, 2.05) is 36.4 Å².